The quantitative estimate of drug-likeness (QED) is 0.591. The van der Waals surface area contributed by atoms with Gasteiger partial charge < -0.3 is 10.2 Å². The van der Waals surface area contributed by atoms with Gasteiger partial charge in [-0.15, -0.1) is 0 Å². The number of benzene rings is 1. The summed E-state index contributed by atoms with van der Waals surface area (Å²) in [6.07, 6.45) is -5.64. The van der Waals surface area contributed by atoms with Crippen LogP contribution in [0.15, 0.2) is 18.2 Å². The van der Waals surface area contributed by atoms with Gasteiger partial charge in [0.25, 0.3) is 5.91 Å². The van der Waals surface area contributed by atoms with E-state index in [-0.39, 0.29) is 24.4 Å². The number of nitrogens with zero attached hydrogens (tertiary/aromatic N) is 2. The van der Waals surface area contributed by atoms with Crippen molar-refractivity contribution in [3.8, 4) is 0 Å². The molecule has 3 rings (SSSR count). The van der Waals surface area contributed by atoms with Crippen LogP contribution in [0.4, 0.5) is 26.3 Å². The van der Waals surface area contributed by atoms with Gasteiger partial charge in [0.15, 0.2) is 0 Å². The van der Waals surface area contributed by atoms with Gasteiger partial charge in [-0.05, 0) is 62.8 Å². The second-order valence-electron chi connectivity index (χ2n) is 9.00. The minimum absolute atomic E-state index is 0.00558. The van der Waals surface area contributed by atoms with Crippen LogP contribution in [-0.4, -0.2) is 60.4 Å². The van der Waals surface area contributed by atoms with E-state index >= 15 is 0 Å². The number of hydrogen-bond donors (Lipinski definition) is 1. The maximum atomic E-state index is 13.0. The molecule has 1 aromatic rings. The van der Waals surface area contributed by atoms with Gasteiger partial charge in [-0.3, -0.25) is 14.5 Å². The second-order valence-corrected chi connectivity index (χ2v) is 9.00. The minimum atomic E-state index is -5.01. The molecule has 2 aliphatic rings. The first-order chi connectivity index (χ1) is 15.9. The van der Waals surface area contributed by atoms with Gasteiger partial charge in [0.1, 0.15) is 0 Å². The molecule has 0 bridgehead atoms. The van der Waals surface area contributed by atoms with Gasteiger partial charge in [0.05, 0.1) is 17.7 Å². The van der Waals surface area contributed by atoms with Crippen molar-refractivity contribution in [2.45, 2.75) is 57.4 Å². The fourth-order valence-electron chi connectivity index (χ4n) is 4.65. The Bertz CT molecular complexity index is 846. The minimum Gasteiger partial charge on any atom is -0.352 e. The summed E-state index contributed by atoms with van der Waals surface area (Å²) >= 11 is 0. The third-order valence-corrected chi connectivity index (χ3v) is 6.68. The van der Waals surface area contributed by atoms with E-state index in [0.717, 1.165) is 25.8 Å². The van der Waals surface area contributed by atoms with E-state index in [1.54, 1.807) is 4.90 Å². The van der Waals surface area contributed by atoms with E-state index < -0.39 is 35.0 Å². The Balaban J connectivity index is 1.53. The first-order valence-corrected chi connectivity index (χ1v) is 11.5. The van der Waals surface area contributed by atoms with Gasteiger partial charge >= 0.3 is 12.4 Å². The fraction of sp³-hybridized carbons (Fsp3) is 0.652. The molecule has 34 heavy (non-hydrogen) atoms. The molecule has 2 aliphatic heterocycles. The van der Waals surface area contributed by atoms with E-state index in [0.29, 0.717) is 50.7 Å². The monoisotopic (exact) mass is 493 g/mol. The summed E-state index contributed by atoms with van der Waals surface area (Å²) in [5, 5.41) is 2.46. The number of hydrogen-bond acceptors (Lipinski definition) is 3. The van der Waals surface area contributed by atoms with Gasteiger partial charge in [0, 0.05) is 31.2 Å². The highest BCUT2D eigenvalue weighted by molar-refractivity contribution is 5.94. The standard InChI is InChI=1S/C23H29F6N3O2/c1-2-19-4-3-7-32(19)14-20(33)31-8-5-15(6-9-31)13-30-21(34)16-10-17(22(24,25)26)12-18(11-16)23(27,28)29/h10-12,15,19H,2-9,13-14H2,1H3,(H,30,34). The molecular formula is C23H29F6N3O2. The van der Waals surface area contributed by atoms with Crippen molar-refractivity contribution in [2.24, 2.45) is 5.92 Å². The average molecular weight is 493 g/mol. The molecule has 2 saturated heterocycles. The SMILES string of the molecule is CCC1CCCN1CC(=O)N1CCC(CNC(=O)c2cc(C(F)(F)F)cc(C(F)(F)F)c2)CC1. The van der Waals surface area contributed by atoms with Gasteiger partial charge in [-0.2, -0.15) is 26.3 Å². The Morgan fingerprint density at radius 3 is 2.06 bits per heavy atom. The molecule has 1 unspecified atom stereocenters. The summed E-state index contributed by atoms with van der Waals surface area (Å²) in [5.41, 5.74) is -3.74. The maximum Gasteiger partial charge on any atom is 0.416 e. The number of carbonyl (C=O) groups excluding carboxylic acids is 2. The smallest absolute Gasteiger partial charge is 0.352 e. The second kappa shape index (κ2) is 10.5. The number of halogens is 6. The molecule has 1 N–H and O–H groups in total. The van der Waals surface area contributed by atoms with Crippen LogP contribution in [0, 0.1) is 5.92 Å². The number of alkyl halides is 6. The molecule has 0 aliphatic carbocycles. The summed E-state index contributed by atoms with van der Waals surface area (Å²) in [5.74, 6) is -0.947. The molecule has 2 heterocycles. The molecule has 190 valence electrons. The van der Waals surface area contributed by atoms with Gasteiger partial charge in [0.2, 0.25) is 5.91 Å². The number of carbonyl (C=O) groups is 2. The van der Waals surface area contributed by atoms with E-state index in [2.05, 4.69) is 17.1 Å². The summed E-state index contributed by atoms with van der Waals surface area (Å²) < 4.78 is 78.1. The van der Waals surface area contributed by atoms with Crippen LogP contribution in [0.1, 0.15) is 60.5 Å². The van der Waals surface area contributed by atoms with Gasteiger partial charge in [-0.1, -0.05) is 6.92 Å². The summed E-state index contributed by atoms with van der Waals surface area (Å²) in [6.45, 7) is 4.53. The molecule has 0 saturated carbocycles. The molecule has 2 amide bonds. The molecule has 1 atom stereocenters. The summed E-state index contributed by atoms with van der Waals surface area (Å²) in [7, 11) is 0. The number of rotatable bonds is 6. The number of amides is 2. The van der Waals surface area contributed by atoms with Crippen LogP contribution >= 0.6 is 0 Å². The van der Waals surface area contributed by atoms with Crippen LogP contribution in [0.2, 0.25) is 0 Å². The Kier molecular flexibility index (Phi) is 8.15. The van der Waals surface area contributed by atoms with Crippen molar-refractivity contribution in [2.75, 3.05) is 32.7 Å². The topological polar surface area (TPSA) is 52.7 Å². The molecule has 0 spiro atoms. The predicted molar refractivity (Wildman–Crippen MR) is 113 cm³/mol. The third kappa shape index (κ3) is 6.64. The zero-order valence-corrected chi connectivity index (χ0v) is 18.9. The van der Waals surface area contributed by atoms with Crippen molar-refractivity contribution in [1.29, 1.82) is 0 Å². The van der Waals surface area contributed by atoms with Crippen molar-refractivity contribution in [1.82, 2.24) is 15.1 Å². The number of piperidine rings is 1. The lowest BCUT2D eigenvalue weighted by Gasteiger charge is -2.34. The highest BCUT2D eigenvalue weighted by Gasteiger charge is 2.37. The van der Waals surface area contributed by atoms with Crippen molar-refractivity contribution in [3.05, 3.63) is 34.9 Å². The van der Waals surface area contributed by atoms with Crippen molar-refractivity contribution in [3.63, 3.8) is 0 Å². The zero-order valence-electron chi connectivity index (χ0n) is 18.9. The van der Waals surface area contributed by atoms with Crippen molar-refractivity contribution < 1.29 is 35.9 Å². The van der Waals surface area contributed by atoms with Crippen LogP contribution < -0.4 is 5.32 Å². The Morgan fingerprint density at radius 2 is 1.53 bits per heavy atom. The average Bonchev–Trinajstić information content (AvgIpc) is 3.23. The molecule has 0 aromatic heterocycles. The van der Waals surface area contributed by atoms with Gasteiger partial charge in [-0.25, -0.2) is 0 Å². The number of nitrogens with one attached hydrogen (secondary N) is 1. The van der Waals surface area contributed by atoms with E-state index in [9.17, 15) is 35.9 Å². The van der Waals surface area contributed by atoms with E-state index in [1.165, 1.54) is 0 Å². The highest BCUT2D eigenvalue weighted by atomic mass is 19.4. The van der Waals surface area contributed by atoms with E-state index in [4.69, 9.17) is 0 Å². The normalized spacial score (nSPS) is 20.6. The molecule has 2 fully saturated rings. The molecule has 0 radical (unpaired) electrons. The Labute approximate surface area is 194 Å². The lowest BCUT2D eigenvalue weighted by atomic mass is 9.96. The lowest BCUT2D eigenvalue weighted by Crippen LogP contribution is -2.46. The van der Waals surface area contributed by atoms with Crippen molar-refractivity contribution >= 4 is 11.8 Å². The fourth-order valence-corrected chi connectivity index (χ4v) is 4.65. The van der Waals surface area contributed by atoms with Crippen LogP contribution in [0.3, 0.4) is 0 Å². The molecule has 1 aromatic carbocycles. The maximum absolute atomic E-state index is 13.0. The van der Waals surface area contributed by atoms with E-state index in [1.807, 2.05) is 0 Å². The molecule has 11 heteroatoms. The summed E-state index contributed by atoms with van der Waals surface area (Å²) in [6, 6.07) is 1.28. The largest absolute Gasteiger partial charge is 0.416 e. The zero-order chi connectivity index (χ0) is 25.1. The first kappa shape index (κ1) is 26.3. The number of likely N-dealkylation sites (tertiary alicyclic amines) is 2. The summed E-state index contributed by atoms with van der Waals surface area (Å²) in [4.78, 5) is 29.0. The highest BCUT2D eigenvalue weighted by Crippen LogP contribution is 2.36. The van der Waals surface area contributed by atoms with Crippen LogP contribution in [-0.2, 0) is 17.1 Å². The first-order valence-electron chi connectivity index (χ1n) is 11.5. The Morgan fingerprint density at radius 1 is 0.941 bits per heavy atom. The van der Waals surface area contributed by atoms with Crippen LogP contribution in [0.5, 0.6) is 0 Å². The molecular weight excluding hydrogens is 464 g/mol. The molecule has 5 nitrogen and oxygen atoms in total. The predicted octanol–water partition coefficient (Wildman–Crippen LogP) is 4.57. The lowest BCUT2D eigenvalue weighted by molar-refractivity contribution is -0.143. The third-order valence-electron chi connectivity index (χ3n) is 6.68. The Hall–Kier alpha value is -2.30. The van der Waals surface area contributed by atoms with Crippen LogP contribution in [0.25, 0.3) is 0 Å².